The van der Waals surface area contributed by atoms with Gasteiger partial charge < -0.3 is 4.74 Å². The second-order valence-corrected chi connectivity index (χ2v) is 6.01. The summed E-state index contributed by atoms with van der Waals surface area (Å²) < 4.78 is 5.21. The molecule has 0 spiro atoms. The Labute approximate surface area is 144 Å². The van der Waals surface area contributed by atoms with Gasteiger partial charge in [0.05, 0.1) is 19.1 Å². The van der Waals surface area contributed by atoms with Crippen LogP contribution in [-0.2, 0) is 10.5 Å². The molecule has 1 N–H and O–H groups in total. The highest BCUT2D eigenvalue weighted by molar-refractivity contribution is 7.99. The Morgan fingerprint density at radius 3 is 2.78 bits per heavy atom. The van der Waals surface area contributed by atoms with Crippen LogP contribution in [0.15, 0.2) is 53.6 Å². The molecule has 0 aliphatic rings. The van der Waals surface area contributed by atoms with Crippen molar-refractivity contribution < 1.29 is 9.53 Å². The van der Waals surface area contributed by atoms with Gasteiger partial charge in [-0.2, -0.15) is 5.10 Å². The second kappa shape index (κ2) is 9.22. The minimum atomic E-state index is -0.159. The van der Waals surface area contributed by atoms with E-state index in [0.29, 0.717) is 17.3 Å². The van der Waals surface area contributed by atoms with Crippen LogP contribution in [0.25, 0.3) is 0 Å². The number of benzene rings is 2. The molecule has 0 atom stereocenters. The molecule has 0 unspecified atom stereocenters. The summed E-state index contributed by atoms with van der Waals surface area (Å²) in [5, 5.41) is 4.67. The maximum atomic E-state index is 11.8. The summed E-state index contributed by atoms with van der Waals surface area (Å²) in [6, 6.07) is 15.1. The SMILES string of the molecule is COc1ccccc1/C=N\NC(=O)CSCc1ccccc1Cl. The van der Waals surface area contributed by atoms with Crippen LogP contribution >= 0.6 is 23.4 Å². The van der Waals surface area contributed by atoms with E-state index in [2.05, 4.69) is 10.5 Å². The van der Waals surface area contributed by atoms with E-state index in [9.17, 15) is 4.79 Å². The number of hydrogen-bond donors (Lipinski definition) is 1. The van der Waals surface area contributed by atoms with Gasteiger partial charge in [0.25, 0.3) is 0 Å². The lowest BCUT2D eigenvalue weighted by molar-refractivity contribution is -0.118. The topological polar surface area (TPSA) is 50.7 Å². The molecule has 4 nitrogen and oxygen atoms in total. The lowest BCUT2D eigenvalue weighted by Crippen LogP contribution is -2.19. The van der Waals surface area contributed by atoms with Gasteiger partial charge >= 0.3 is 0 Å². The molecule has 1 amide bonds. The minimum absolute atomic E-state index is 0.159. The smallest absolute Gasteiger partial charge is 0.250 e. The summed E-state index contributed by atoms with van der Waals surface area (Å²) >= 11 is 7.56. The lowest BCUT2D eigenvalue weighted by atomic mass is 10.2. The number of rotatable bonds is 7. The number of hydrogen-bond acceptors (Lipinski definition) is 4. The van der Waals surface area contributed by atoms with Crippen LogP contribution in [0.4, 0.5) is 0 Å². The third-order valence-electron chi connectivity index (χ3n) is 2.98. The maximum Gasteiger partial charge on any atom is 0.250 e. The summed E-state index contributed by atoms with van der Waals surface area (Å²) in [6.45, 7) is 0. The van der Waals surface area contributed by atoms with Crippen molar-refractivity contribution in [1.82, 2.24) is 5.43 Å². The number of halogens is 1. The van der Waals surface area contributed by atoms with Gasteiger partial charge in [-0.15, -0.1) is 11.8 Å². The first kappa shape index (κ1) is 17.4. The zero-order valence-corrected chi connectivity index (χ0v) is 14.2. The molecule has 0 heterocycles. The quantitative estimate of drug-likeness (QED) is 0.612. The minimum Gasteiger partial charge on any atom is -0.496 e. The average Bonchev–Trinajstić information content (AvgIpc) is 2.57. The van der Waals surface area contributed by atoms with Crippen molar-refractivity contribution in [2.75, 3.05) is 12.9 Å². The fraction of sp³-hybridized carbons (Fsp3) is 0.176. The Morgan fingerprint density at radius 2 is 2.00 bits per heavy atom. The number of carbonyl (C=O) groups excluding carboxylic acids is 1. The molecule has 2 rings (SSSR count). The molecule has 0 bridgehead atoms. The molecule has 23 heavy (non-hydrogen) atoms. The standard InChI is InChI=1S/C17H17ClN2O2S/c1-22-16-9-5-3-6-13(16)10-19-20-17(21)12-23-11-14-7-2-4-8-15(14)18/h2-10H,11-12H2,1H3,(H,20,21)/b19-10-. The summed E-state index contributed by atoms with van der Waals surface area (Å²) in [4.78, 5) is 11.8. The van der Waals surface area contributed by atoms with E-state index in [4.69, 9.17) is 16.3 Å². The van der Waals surface area contributed by atoms with Gasteiger partial charge in [-0.05, 0) is 23.8 Å². The predicted octanol–water partition coefficient (Wildman–Crippen LogP) is 3.73. The third kappa shape index (κ3) is 5.62. The highest BCUT2D eigenvalue weighted by Gasteiger charge is 2.03. The van der Waals surface area contributed by atoms with Crippen molar-refractivity contribution in [1.29, 1.82) is 0 Å². The van der Waals surface area contributed by atoms with Gasteiger partial charge in [0.2, 0.25) is 5.91 Å². The summed E-state index contributed by atoms with van der Waals surface area (Å²) in [5.41, 5.74) is 4.33. The molecule has 120 valence electrons. The van der Waals surface area contributed by atoms with Gasteiger partial charge in [0.15, 0.2) is 0 Å². The highest BCUT2D eigenvalue weighted by atomic mass is 35.5. The number of amides is 1. The zero-order valence-electron chi connectivity index (χ0n) is 12.7. The van der Waals surface area contributed by atoms with E-state index >= 15 is 0 Å². The van der Waals surface area contributed by atoms with Gasteiger partial charge in [-0.3, -0.25) is 4.79 Å². The van der Waals surface area contributed by atoms with E-state index in [0.717, 1.165) is 16.1 Å². The number of carbonyl (C=O) groups is 1. The number of methoxy groups -OCH3 is 1. The first-order valence-electron chi connectivity index (χ1n) is 6.97. The van der Waals surface area contributed by atoms with Crippen LogP contribution in [0.1, 0.15) is 11.1 Å². The van der Waals surface area contributed by atoms with Crippen molar-refractivity contribution in [3.05, 3.63) is 64.7 Å². The summed E-state index contributed by atoms with van der Waals surface area (Å²) in [6.07, 6.45) is 1.56. The number of thioether (sulfide) groups is 1. The average molecular weight is 349 g/mol. The molecule has 6 heteroatoms. The van der Waals surface area contributed by atoms with Crippen LogP contribution in [0.3, 0.4) is 0 Å². The molecule has 0 saturated carbocycles. The molecule has 2 aromatic carbocycles. The molecule has 2 aromatic rings. The Balaban J connectivity index is 1.77. The van der Waals surface area contributed by atoms with Crippen LogP contribution in [0.2, 0.25) is 5.02 Å². The Bertz CT molecular complexity index is 692. The molecule has 0 radical (unpaired) electrons. The molecule has 0 aliphatic carbocycles. The van der Waals surface area contributed by atoms with Crippen LogP contribution in [-0.4, -0.2) is 25.0 Å². The van der Waals surface area contributed by atoms with E-state index < -0.39 is 0 Å². The van der Waals surface area contributed by atoms with E-state index in [1.54, 1.807) is 13.3 Å². The van der Waals surface area contributed by atoms with Gasteiger partial charge in [-0.1, -0.05) is 41.9 Å². The lowest BCUT2D eigenvalue weighted by Gasteiger charge is -2.04. The number of nitrogens with zero attached hydrogens (tertiary/aromatic N) is 1. The van der Waals surface area contributed by atoms with Crippen molar-refractivity contribution in [2.45, 2.75) is 5.75 Å². The number of para-hydroxylation sites is 1. The summed E-state index contributed by atoms with van der Waals surface area (Å²) in [7, 11) is 1.59. The molecule has 0 fully saturated rings. The third-order valence-corrected chi connectivity index (χ3v) is 4.33. The summed E-state index contributed by atoms with van der Waals surface area (Å²) in [5.74, 6) is 1.55. The van der Waals surface area contributed by atoms with E-state index in [-0.39, 0.29) is 5.91 Å². The molecule has 0 aromatic heterocycles. The van der Waals surface area contributed by atoms with Crippen LogP contribution < -0.4 is 10.2 Å². The van der Waals surface area contributed by atoms with Crippen molar-refractivity contribution >= 4 is 35.5 Å². The second-order valence-electron chi connectivity index (χ2n) is 4.62. The van der Waals surface area contributed by atoms with Crippen molar-refractivity contribution in [2.24, 2.45) is 5.10 Å². The number of hydrazone groups is 1. The predicted molar refractivity (Wildman–Crippen MR) is 96.3 cm³/mol. The Kier molecular flexibility index (Phi) is 6.97. The molecular formula is C17H17ClN2O2S. The maximum absolute atomic E-state index is 11.8. The fourth-order valence-electron chi connectivity index (χ4n) is 1.85. The Morgan fingerprint density at radius 1 is 1.26 bits per heavy atom. The fourth-order valence-corrected chi connectivity index (χ4v) is 2.95. The first-order chi connectivity index (χ1) is 11.2. The molecule has 0 aliphatic heterocycles. The molecule has 0 saturated heterocycles. The highest BCUT2D eigenvalue weighted by Crippen LogP contribution is 2.20. The van der Waals surface area contributed by atoms with Crippen LogP contribution in [0, 0.1) is 0 Å². The normalized spacial score (nSPS) is 10.7. The first-order valence-corrected chi connectivity index (χ1v) is 8.50. The largest absolute Gasteiger partial charge is 0.496 e. The molecular weight excluding hydrogens is 332 g/mol. The van der Waals surface area contributed by atoms with Gasteiger partial charge in [-0.25, -0.2) is 5.43 Å². The van der Waals surface area contributed by atoms with Crippen molar-refractivity contribution in [3.8, 4) is 5.75 Å². The number of ether oxygens (including phenoxy) is 1. The monoisotopic (exact) mass is 348 g/mol. The van der Waals surface area contributed by atoms with E-state index in [1.165, 1.54) is 11.8 Å². The number of nitrogens with one attached hydrogen (secondary N) is 1. The Hall–Kier alpha value is -1.98. The van der Waals surface area contributed by atoms with Gasteiger partial charge in [0.1, 0.15) is 5.75 Å². The van der Waals surface area contributed by atoms with Crippen molar-refractivity contribution in [3.63, 3.8) is 0 Å². The zero-order chi connectivity index (χ0) is 16.5. The van der Waals surface area contributed by atoms with Gasteiger partial charge in [0, 0.05) is 16.3 Å². The van der Waals surface area contributed by atoms with Crippen LogP contribution in [0.5, 0.6) is 5.75 Å². The van der Waals surface area contributed by atoms with E-state index in [1.807, 2.05) is 48.5 Å².